The van der Waals surface area contributed by atoms with Crippen LogP contribution in [0.25, 0.3) is 0 Å². The van der Waals surface area contributed by atoms with Crippen LogP contribution in [0.2, 0.25) is 0 Å². The van der Waals surface area contributed by atoms with Gasteiger partial charge in [-0.3, -0.25) is 4.79 Å². The van der Waals surface area contributed by atoms with Crippen LogP contribution in [-0.4, -0.2) is 37.1 Å². The minimum atomic E-state index is -0.0328. The van der Waals surface area contributed by atoms with Gasteiger partial charge >= 0.3 is 5.97 Å². The van der Waals surface area contributed by atoms with E-state index in [1.54, 1.807) is 0 Å². The first kappa shape index (κ1) is 11.5. The zero-order valence-electron chi connectivity index (χ0n) is 9.45. The molecular formula is C11H21NO2. The molecule has 0 atom stereocenters. The lowest BCUT2D eigenvalue weighted by atomic mass is 10.1. The molecule has 1 rings (SSSR count). The molecule has 0 aromatic carbocycles. The Balaban J connectivity index is 2.20. The maximum Gasteiger partial charge on any atom is 0.306 e. The summed E-state index contributed by atoms with van der Waals surface area (Å²) in [5.74, 6) is 0.364. The van der Waals surface area contributed by atoms with E-state index in [0.717, 1.165) is 25.9 Å². The first-order chi connectivity index (χ1) is 6.58. The van der Waals surface area contributed by atoms with Gasteiger partial charge in [-0.1, -0.05) is 13.8 Å². The van der Waals surface area contributed by atoms with Crippen LogP contribution in [0.5, 0.6) is 0 Å². The van der Waals surface area contributed by atoms with E-state index in [9.17, 15) is 4.79 Å². The molecule has 0 saturated carbocycles. The van der Waals surface area contributed by atoms with Gasteiger partial charge in [-0.2, -0.15) is 0 Å². The number of hydrogen-bond donors (Lipinski definition) is 0. The monoisotopic (exact) mass is 199 g/mol. The summed E-state index contributed by atoms with van der Waals surface area (Å²) >= 11 is 0. The van der Waals surface area contributed by atoms with Crippen LogP contribution in [0.15, 0.2) is 0 Å². The molecule has 1 fully saturated rings. The lowest BCUT2D eigenvalue weighted by Gasteiger charge is -2.28. The number of carbonyl (C=O) groups excluding carboxylic acids is 1. The highest BCUT2D eigenvalue weighted by molar-refractivity contribution is 5.69. The van der Waals surface area contributed by atoms with Crippen molar-refractivity contribution in [1.82, 2.24) is 4.90 Å². The molecule has 14 heavy (non-hydrogen) atoms. The summed E-state index contributed by atoms with van der Waals surface area (Å²) < 4.78 is 5.38. The molecule has 3 nitrogen and oxygen atoms in total. The second kappa shape index (κ2) is 5.35. The highest BCUT2D eigenvalue weighted by atomic mass is 16.5. The van der Waals surface area contributed by atoms with E-state index in [1.807, 2.05) is 13.8 Å². The number of rotatable bonds is 3. The van der Waals surface area contributed by atoms with Gasteiger partial charge in [0.1, 0.15) is 6.10 Å². The molecule has 0 aromatic rings. The third-order valence-corrected chi connectivity index (χ3v) is 2.54. The number of likely N-dealkylation sites (tertiary alicyclic amines) is 1. The lowest BCUT2D eigenvalue weighted by molar-refractivity contribution is -0.151. The Morgan fingerprint density at radius 3 is 2.50 bits per heavy atom. The fourth-order valence-corrected chi connectivity index (χ4v) is 1.67. The van der Waals surface area contributed by atoms with Gasteiger partial charge in [-0.25, -0.2) is 0 Å². The van der Waals surface area contributed by atoms with Crippen LogP contribution in [0, 0.1) is 5.92 Å². The van der Waals surface area contributed by atoms with E-state index >= 15 is 0 Å². The predicted molar refractivity (Wildman–Crippen MR) is 56.1 cm³/mol. The van der Waals surface area contributed by atoms with Gasteiger partial charge in [0.15, 0.2) is 0 Å². The van der Waals surface area contributed by atoms with Crippen LogP contribution < -0.4 is 0 Å². The molecule has 0 aromatic heterocycles. The van der Waals surface area contributed by atoms with Gasteiger partial charge in [0.05, 0.1) is 0 Å². The molecule has 0 amide bonds. The van der Waals surface area contributed by atoms with Gasteiger partial charge in [0, 0.05) is 19.5 Å². The quantitative estimate of drug-likeness (QED) is 0.648. The number of nitrogens with zero attached hydrogens (tertiary/aromatic N) is 1. The zero-order chi connectivity index (χ0) is 10.6. The highest BCUT2D eigenvalue weighted by Gasteiger charge is 2.20. The van der Waals surface area contributed by atoms with Crippen molar-refractivity contribution in [2.24, 2.45) is 5.92 Å². The average molecular weight is 199 g/mol. The van der Waals surface area contributed by atoms with Crippen LogP contribution in [0.1, 0.15) is 33.1 Å². The molecule has 3 heteroatoms. The molecule has 1 aliphatic heterocycles. The van der Waals surface area contributed by atoms with Gasteiger partial charge in [-0.15, -0.1) is 0 Å². The summed E-state index contributed by atoms with van der Waals surface area (Å²) in [6, 6.07) is 0. The number of hydrogen-bond acceptors (Lipinski definition) is 3. The van der Waals surface area contributed by atoms with Crippen molar-refractivity contribution in [3.05, 3.63) is 0 Å². The van der Waals surface area contributed by atoms with Gasteiger partial charge < -0.3 is 9.64 Å². The van der Waals surface area contributed by atoms with Crippen LogP contribution in [-0.2, 0) is 9.53 Å². The average Bonchev–Trinajstić information content (AvgIpc) is 2.07. The van der Waals surface area contributed by atoms with E-state index in [0.29, 0.717) is 12.3 Å². The molecule has 82 valence electrons. The van der Waals surface area contributed by atoms with E-state index in [1.165, 1.54) is 0 Å². The minimum absolute atomic E-state index is 0.0328. The van der Waals surface area contributed by atoms with Gasteiger partial charge in [0.25, 0.3) is 0 Å². The molecular weight excluding hydrogens is 178 g/mol. The van der Waals surface area contributed by atoms with Crippen molar-refractivity contribution < 1.29 is 9.53 Å². The van der Waals surface area contributed by atoms with Gasteiger partial charge in [0.2, 0.25) is 0 Å². The van der Waals surface area contributed by atoms with Crippen LogP contribution in [0.3, 0.4) is 0 Å². The largest absolute Gasteiger partial charge is 0.462 e. The summed E-state index contributed by atoms with van der Waals surface area (Å²) in [7, 11) is 2.10. The van der Waals surface area contributed by atoms with Gasteiger partial charge in [-0.05, 0) is 25.8 Å². The summed E-state index contributed by atoms with van der Waals surface area (Å²) in [5.41, 5.74) is 0. The first-order valence-electron chi connectivity index (χ1n) is 5.46. The summed E-state index contributed by atoms with van der Waals surface area (Å²) in [5, 5.41) is 0. The standard InChI is InChI=1S/C11H21NO2/c1-9(2)8-11(13)14-10-4-6-12(3)7-5-10/h9-10H,4-8H2,1-3H3. The Bertz CT molecular complexity index is 184. The Morgan fingerprint density at radius 1 is 1.43 bits per heavy atom. The fraction of sp³-hybridized carbons (Fsp3) is 0.909. The molecule has 0 N–H and O–H groups in total. The second-order valence-corrected chi connectivity index (χ2v) is 4.59. The van der Waals surface area contributed by atoms with Crippen LogP contribution in [0.4, 0.5) is 0 Å². The number of esters is 1. The van der Waals surface area contributed by atoms with Crippen molar-refractivity contribution in [1.29, 1.82) is 0 Å². The summed E-state index contributed by atoms with van der Waals surface area (Å²) in [4.78, 5) is 13.6. The van der Waals surface area contributed by atoms with Crippen molar-refractivity contribution >= 4 is 5.97 Å². The lowest BCUT2D eigenvalue weighted by Crippen LogP contribution is -2.35. The fourth-order valence-electron chi connectivity index (χ4n) is 1.67. The van der Waals surface area contributed by atoms with Crippen molar-refractivity contribution in [3.63, 3.8) is 0 Å². The molecule has 0 bridgehead atoms. The SMILES string of the molecule is CC(C)CC(=O)OC1CCN(C)CC1. The van der Waals surface area contributed by atoms with Crippen molar-refractivity contribution in [2.45, 2.75) is 39.2 Å². The van der Waals surface area contributed by atoms with E-state index in [4.69, 9.17) is 4.74 Å². The molecule has 1 aliphatic rings. The molecule has 1 saturated heterocycles. The van der Waals surface area contributed by atoms with Crippen molar-refractivity contribution in [2.75, 3.05) is 20.1 Å². The Morgan fingerprint density at radius 2 is 2.00 bits per heavy atom. The first-order valence-corrected chi connectivity index (χ1v) is 5.46. The molecule has 0 radical (unpaired) electrons. The number of ether oxygens (including phenoxy) is 1. The topological polar surface area (TPSA) is 29.5 Å². The minimum Gasteiger partial charge on any atom is -0.462 e. The number of piperidine rings is 1. The molecule has 1 heterocycles. The van der Waals surface area contributed by atoms with Crippen LogP contribution >= 0.6 is 0 Å². The highest BCUT2D eigenvalue weighted by Crippen LogP contribution is 2.13. The normalized spacial score (nSPS) is 20.0. The molecule has 0 spiro atoms. The van der Waals surface area contributed by atoms with E-state index in [-0.39, 0.29) is 12.1 Å². The number of carbonyl (C=O) groups is 1. The summed E-state index contributed by atoms with van der Waals surface area (Å²) in [6.07, 6.45) is 2.69. The zero-order valence-corrected chi connectivity index (χ0v) is 9.45. The second-order valence-electron chi connectivity index (χ2n) is 4.59. The van der Waals surface area contributed by atoms with E-state index in [2.05, 4.69) is 11.9 Å². The maximum absolute atomic E-state index is 11.4. The predicted octanol–water partition coefficient (Wildman–Crippen LogP) is 1.67. The Hall–Kier alpha value is -0.570. The van der Waals surface area contributed by atoms with E-state index < -0.39 is 0 Å². The maximum atomic E-state index is 11.4. The molecule has 0 aliphatic carbocycles. The Labute approximate surface area is 86.4 Å². The molecule has 0 unspecified atom stereocenters. The summed E-state index contributed by atoms with van der Waals surface area (Å²) in [6.45, 7) is 6.16. The van der Waals surface area contributed by atoms with Crippen molar-refractivity contribution in [3.8, 4) is 0 Å². The third kappa shape index (κ3) is 4.09. The third-order valence-electron chi connectivity index (χ3n) is 2.54. The smallest absolute Gasteiger partial charge is 0.306 e. The Kier molecular flexibility index (Phi) is 4.39.